The van der Waals surface area contributed by atoms with Gasteiger partial charge in [-0.1, -0.05) is 124 Å². The Labute approximate surface area is 350 Å². The van der Waals surface area contributed by atoms with Crippen LogP contribution in [0.15, 0.2) is 139 Å². The Bertz CT molecular complexity index is 2740. The van der Waals surface area contributed by atoms with Crippen LogP contribution in [0.5, 0.6) is 11.5 Å². The van der Waals surface area contributed by atoms with Crippen LogP contribution in [-0.2, 0) is 21.1 Å². The third-order valence-electron chi connectivity index (χ3n) is 11.3. The molecule has 1 aliphatic carbocycles. The molecule has 1 aliphatic rings. The smallest absolute Gasteiger partial charge is 0.509 e. The van der Waals surface area contributed by atoms with Gasteiger partial charge >= 0.3 is 21.1 Å². The normalized spacial score (nSPS) is 16.8. The molecule has 0 spiro atoms. The first-order valence-corrected chi connectivity index (χ1v) is 19.8. The maximum atomic E-state index is 6.78. The van der Waals surface area contributed by atoms with E-state index in [9.17, 15) is 0 Å². The van der Waals surface area contributed by atoms with E-state index < -0.39 is 0 Å². The molecular formula is C51H46N4OPt. The number of nitrogens with zero attached hydrogens (tertiary/aromatic N) is 4. The molecule has 9 rings (SSSR count). The van der Waals surface area contributed by atoms with Gasteiger partial charge in [0.1, 0.15) is 5.82 Å². The summed E-state index contributed by atoms with van der Waals surface area (Å²) in [6.45, 7) is 13.6. The average molecular weight is 926 g/mol. The predicted octanol–water partition coefficient (Wildman–Crippen LogP) is 13.2. The largest absolute Gasteiger partial charge is 2.00 e. The molecule has 0 fully saturated rings. The molecule has 57 heavy (non-hydrogen) atoms. The first kappa shape index (κ1) is 38.4. The molecule has 0 N–H and O–H groups in total. The van der Waals surface area contributed by atoms with Gasteiger partial charge in [0, 0.05) is 45.8 Å². The van der Waals surface area contributed by atoms with Crippen molar-refractivity contribution in [3.05, 3.63) is 168 Å². The van der Waals surface area contributed by atoms with Crippen LogP contribution in [0.3, 0.4) is 0 Å². The summed E-state index contributed by atoms with van der Waals surface area (Å²) in [5.74, 6) is 3.51. The van der Waals surface area contributed by atoms with E-state index in [2.05, 4.69) is 178 Å². The van der Waals surface area contributed by atoms with Crippen LogP contribution in [0.1, 0.15) is 69.6 Å². The van der Waals surface area contributed by atoms with Gasteiger partial charge in [-0.25, -0.2) is 4.98 Å². The van der Waals surface area contributed by atoms with Crippen molar-refractivity contribution in [1.82, 2.24) is 19.3 Å². The van der Waals surface area contributed by atoms with Crippen LogP contribution >= 0.6 is 0 Å². The molecule has 0 aliphatic heterocycles. The van der Waals surface area contributed by atoms with Crippen molar-refractivity contribution in [2.45, 2.75) is 59.8 Å². The average Bonchev–Trinajstić information content (AvgIpc) is 3.74. The molecule has 5 aromatic carbocycles. The van der Waals surface area contributed by atoms with Crippen molar-refractivity contribution in [1.29, 1.82) is 0 Å². The number of allylic oxidation sites excluding steroid dienone is 2. The van der Waals surface area contributed by atoms with Gasteiger partial charge in [-0.15, -0.1) is 41.3 Å². The fraction of sp³-hybridized carbons (Fsp3) is 0.216. The fourth-order valence-electron chi connectivity index (χ4n) is 8.87. The van der Waals surface area contributed by atoms with E-state index >= 15 is 0 Å². The van der Waals surface area contributed by atoms with Gasteiger partial charge < -0.3 is 9.30 Å². The van der Waals surface area contributed by atoms with E-state index in [-0.39, 0.29) is 32.9 Å². The minimum Gasteiger partial charge on any atom is -0.509 e. The quantitative estimate of drug-likeness (QED) is 0.113. The van der Waals surface area contributed by atoms with Gasteiger partial charge in [0.2, 0.25) is 0 Å². The number of pyridine rings is 1. The Morgan fingerprint density at radius 1 is 0.754 bits per heavy atom. The molecular weight excluding hydrogens is 880 g/mol. The number of benzene rings is 5. The molecule has 286 valence electrons. The number of ether oxygens (including phenoxy) is 1. The first-order valence-electron chi connectivity index (χ1n) is 19.8. The molecule has 6 heteroatoms. The molecule has 0 saturated heterocycles. The number of para-hydroxylation sites is 1. The molecule has 8 aromatic rings. The van der Waals surface area contributed by atoms with Crippen LogP contribution in [-0.4, -0.2) is 19.3 Å². The van der Waals surface area contributed by atoms with Crippen molar-refractivity contribution in [2.75, 3.05) is 0 Å². The molecule has 0 radical (unpaired) electrons. The number of hydrogen-bond donors (Lipinski definition) is 0. The van der Waals surface area contributed by atoms with E-state index in [1.165, 1.54) is 11.1 Å². The van der Waals surface area contributed by atoms with E-state index in [4.69, 9.17) is 14.8 Å². The van der Waals surface area contributed by atoms with Gasteiger partial charge in [-0.3, -0.25) is 4.68 Å². The molecule has 3 aromatic heterocycles. The van der Waals surface area contributed by atoms with Crippen molar-refractivity contribution < 1.29 is 25.8 Å². The maximum absolute atomic E-state index is 6.78. The summed E-state index contributed by atoms with van der Waals surface area (Å²) in [6.07, 6.45) is 5.45. The van der Waals surface area contributed by atoms with Crippen LogP contribution in [0, 0.1) is 30.9 Å². The van der Waals surface area contributed by atoms with Crippen molar-refractivity contribution >= 4 is 21.8 Å². The van der Waals surface area contributed by atoms with E-state index in [0.29, 0.717) is 23.3 Å². The molecule has 0 amide bonds. The van der Waals surface area contributed by atoms with Gasteiger partial charge in [-0.05, 0) is 72.9 Å². The predicted molar refractivity (Wildman–Crippen MR) is 229 cm³/mol. The van der Waals surface area contributed by atoms with Crippen molar-refractivity contribution in [2.24, 2.45) is 11.8 Å². The Hall–Kier alpha value is -5.51. The second-order valence-corrected chi connectivity index (χ2v) is 15.9. The Morgan fingerprint density at radius 2 is 1.47 bits per heavy atom. The number of hydrogen-bond acceptors (Lipinski definition) is 3. The summed E-state index contributed by atoms with van der Waals surface area (Å²) in [4.78, 5) is 4.77. The van der Waals surface area contributed by atoms with E-state index in [0.717, 1.165) is 73.4 Å². The van der Waals surface area contributed by atoms with Crippen LogP contribution in [0.4, 0.5) is 0 Å². The standard InChI is InChI=1S/C51H46N4O.Pt/c1-32(2)39-28-40(30-42(29-39)56-41-21-22-44-43-19-13-14-20-45(43)54(46(44)31-41)47-27-33(3)23-24-52-47)55-51(38-17-11-8-12-18-38)49(48-35(5)25-34(4)26-36(48)6)50(53-55)37-15-9-7-10-16-37;/h7-25,27-29,32,34,36,48H,26H2,1-6H3;/q-2;+2/t34-,36-,48?;/m0./s1. The molecule has 3 heterocycles. The fourth-order valence-corrected chi connectivity index (χ4v) is 8.87. The topological polar surface area (TPSA) is 44.9 Å². The van der Waals surface area contributed by atoms with E-state index in [1.54, 1.807) is 0 Å². The maximum Gasteiger partial charge on any atom is 2.00 e. The Morgan fingerprint density at radius 3 is 2.19 bits per heavy atom. The number of rotatable bonds is 8. The Kier molecular flexibility index (Phi) is 10.6. The second-order valence-electron chi connectivity index (χ2n) is 15.9. The van der Waals surface area contributed by atoms with Crippen LogP contribution in [0.2, 0.25) is 0 Å². The summed E-state index contributed by atoms with van der Waals surface area (Å²) in [5.41, 5.74) is 12.1. The summed E-state index contributed by atoms with van der Waals surface area (Å²) in [5, 5.41) is 7.78. The summed E-state index contributed by atoms with van der Waals surface area (Å²) < 4.78 is 11.1. The van der Waals surface area contributed by atoms with Gasteiger partial charge in [0.25, 0.3) is 0 Å². The monoisotopic (exact) mass is 925 g/mol. The summed E-state index contributed by atoms with van der Waals surface area (Å²) in [6, 6.07) is 49.7. The number of fused-ring (bicyclic) bond motifs is 3. The zero-order chi connectivity index (χ0) is 38.5. The third kappa shape index (κ3) is 7.19. The van der Waals surface area contributed by atoms with Crippen molar-refractivity contribution in [3.8, 4) is 45.5 Å². The van der Waals surface area contributed by atoms with E-state index in [1.807, 2.05) is 18.3 Å². The second kappa shape index (κ2) is 15.8. The minimum atomic E-state index is 0. The zero-order valence-corrected chi connectivity index (χ0v) is 35.5. The van der Waals surface area contributed by atoms with Gasteiger partial charge in [-0.2, -0.15) is 11.2 Å². The first-order chi connectivity index (χ1) is 27.2. The summed E-state index contributed by atoms with van der Waals surface area (Å²) in [7, 11) is 0. The number of aromatic nitrogens is 4. The third-order valence-corrected chi connectivity index (χ3v) is 11.3. The number of aryl methyl sites for hydroxylation is 1. The minimum absolute atomic E-state index is 0. The molecule has 0 saturated carbocycles. The van der Waals surface area contributed by atoms with Crippen LogP contribution < -0.4 is 4.74 Å². The molecule has 3 atom stereocenters. The summed E-state index contributed by atoms with van der Waals surface area (Å²) >= 11 is 0. The van der Waals surface area contributed by atoms with Gasteiger partial charge in [0.15, 0.2) is 0 Å². The Balaban J connectivity index is 0.00000455. The van der Waals surface area contributed by atoms with Gasteiger partial charge in [0.05, 0.1) is 11.4 Å². The molecule has 0 bridgehead atoms. The zero-order valence-electron chi connectivity index (χ0n) is 33.2. The SMILES string of the molecule is CC1=C[C@H](C)C[C@H](C)C1c1c(-c2ccccc2)nn(-c2[c-]c(Oc3[c-]c4c(cc3)c3ccccc3n4-c3cc(C)ccn3)cc(C(C)C)c2)c1-c1ccccc1.[Pt+2]. The van der Waals surface area contributed by atoms with Crippen LogP contribution in [0.25, 0.3) is 55.8 Å². The van der Waals surface area contributed by atoms with Crippen molar-refractivity contribution in [3.63, 3.8) is 0 Å². The molecule has 1 unspecified atom stereocenters. The molecule has 5 nitrogen and oxygen atoms in total.